The fourth-order valence-electron chi connectivity index (χ4n) is 2.58. The molecule has 1 amide bonds. The Hall–Kier alpha value is -2.33. The summed E-state index contributed by atoms with van der Waals surface area (Å²) in [5, 5.41) is 2.45. The van der Waals surface area contributed by atoms with Gasteiger partial charge in [0.05, 0.1) is 18.0 Å². The molecular formula is C14H17N5O4S. The Bertz CT molecular complexity index is 919. The van der Waals surface area contributed by atoms with E-state index in [0.29, 0.717) is 35.7 Å². The number of hydrogen-bond acceptors (Lipinski definition) is 7. The highest BCUT2D eigenvalue weighted by atomic mass is 32.2. The third-order valence-corrected chi connectivity index (χ3v) is 4.54. The maximum Gasteiger partial charge on any atom is 0.287 e. The monoisotopic (exact) mass is 351 g/mol. The minimum absolute atomic E-state index is 0.229. The number of carbonyl (C=O) groups is 1. The lowest BCUT2D eigenvalue weighted by atomic mass is 10.1. The largest absolute Gasteiger partial charge is 0.378 e. The van der Waals surface area contributed by atoms with E-state index >= 15 is 0 Å². The quantitative estimate of drug-likeness (QED) is 0.767. The Kier molecular flexibility index (Phi) is 4.10. The first-order chi connectivity index (χ1) is 11.3. The summed E-state index contributed by atoms with van der Waals surface area (Å²) in [6, 6.07) is 0. The summed E-state index contributed by atoms with van der Waals surface area (Å²) in [5.74, 6) is -0.0119. The molecule has 1 aliphatic heterocycles. The van der Waals surface area contributed by atoms with Gasteiger partial charge in [-0.25, -0.2) is 23.4 Å². The summed E-state index contributed by atoms with van der Waals surface area (Å²) in [6.45, 7) is 3.05. The number of carbonyl (C=O) groups excluding carboxylic acids is 1. The first kappa shape index (κ1) is 16.5. The van der Waals surface area contributed by atoms with E-state index in [1.807, 2.05) is 0 Å². The van der Waals surface area contributed by atoms with E-state index in [9.17, 15) is 13.2 Å². The van der Waals surface area contributed by atoms with Crippen molar-refractivity contribution in [2.75, 3.05) is 19.9 Å². The van der Waals surface area contributed by atoms with Crippen LogP contribution in [0.25, 0.3) is 11.4 Å². The smallest absolute Gasteiger partial charge is 0.287 e. The van der Waals surface area contributed by atoms with Crippen molar-refractivity contribution in [3.8, 4) is 11.4 Å². The third kappa shape index (κ3) is 2.78. The van der Waals surface area contributed by atoms with Crippen LogP contribution < -0.4 is 5.32 Å². The molecule has 1 aliphatic rings. The first-order valence-electron chi connectivity index (χ1n) is 7.23. The number of ether oxygens (including phenoxy) is 1. The molecule has 0 bridgehead atoms. The van der Waals surface area contributed by atoms with Crippen molar-refractivity contribution in [3.63, 3.8) is 0 Å². The van der Waals surface area contributed by atoms with Crippen LogP contribution in [0.2, 0.25) is 0 Å². The number of sulfone groups is 1. The van der Waals surface area contributed by atoms with Crippen LogP contribution in [-0.2, 0) is 27.7 Å². The minimum atomic E-state index is -3.56. The summed E-state index contributed by atoms with van der Waals surface area (Å²) in [7, 11) is -2.01. The van der Waals surface area contributed by atoms with E-state index in [4.69, 9.17) is 4.74 Å². The molecule has 2 aromatic rings. The molecule has 0 fully saturated rings. The lowest BCUT2D eigenvalue weighted by Crippen LogP contribution is -2.36. The number of fused-ring (bicyclic) bond motifs is 1. The summed E-state index contributed by atoms with van der Waals surface area (Å²) in [4.78, 5) is 24.5. The molecule has 1 N–H and O–H groups in total. The fourth-order valence-corrected chi connectivity index (χ4v) is 3.08. The predicted molar refractivity (Wildman–Crippen MR) is 84.1 cm³/mol. The van der Waals surface area contributed by atoms with E-state index in [1.165, 1.54) is 6.20 Å². The molecular weight excluding hydrogens is 334 g/mol. The van der Waals surface area contributed by atoms with Crippen LogP contribution in [0.5, 0.6) is 0 Å². The van der Waals surface area contributed by atoms with E-state index in [0.717, 1.165) is 6.26 Å². The van der Waals surface area contributed by atoms with Gasteiger partial charge in [0.2, 0.25) is 15.0 Å². The Balaban J connectivity index is 2.25. The molecule has 0 saturated carbocycles. The van der Waals surface area contributed by atoms with Crippen LogP contribution in [0.4, 0.5) is 0 Å². The second kappa shape index (κ2) is 5.95. The second-order valence-corrected chi connectivity index (χ2v) is 7.44. The molecule has 0 unspecified atom stereocenters. The van der Waals surface area contributed by atoms with E-state index in [1.54, 1.807) is 18.6 Å². The normalized spacial score (nSPS) is 14.4. The highest BCUT2D eigenvalue weighted by Crippen LogP contribution is 2.27. The van der Waals surface area contributed by atoms with Crippen LogP contribution >= 0.6 is 0 Å². The second-order valence-electron chi connectivity index (χ2n) is 5.53. The molecule has 0 radical (unpaired) electrons. The molecule has 9 nitrogen and oxygen atoms in total. The number of aryl methyl sites for hydroxylation is 1. The van der Waals surface area contributed by atoms with Gasteiger partial charge in [-0.1, -0.05) is 0 Å². The lowest BCUT2D eigenvalue weighted by molar-refractivity contribution is 0.0918. The van der Waals surface area contributed by atoms with Gasteiger partial charge in [0.25, 0.3) is 5.91 Å². The number of hydrogen-bond donors (Lipinski definition) is 1. The Morgan fingerprint density at radius 2 is 2.08 bits per heavy atom. The Morgan fingerprint density at radius 1 is 1.33 bits per heavy atom. The zero-order valence-electron chi connectivity index (χ0n) is 13.5. The molecule has 0 aromatic carbocycles. The van der Waals surface area contributed by atoms with Crippen molar-refractivity contribution in [3.05, 3.63) is 23.3 Å². The number of rotatable bonds is 4. The number of nitrogens with zero attached hydrogens (tertiary/aromatic N) is 4. The molecule has 3 rings (SSSR count). The van der Waals surface area contributed by atoms with Crippen molar-refractivity contribution >= 4 is 15.7 Å². The highest BCUT2D eigenvalue weighted by molar-refractivity contribution is 7.90. The molecule has 0 spiro atoms. The van der Waals surface area contributed by atoms with Crippen molar-refractivity contribution in [2.45, 2.75) is 25.2 Å². The molecule has 3 heterocycles. The van der Waals surface area contributed by atoms with Gasteiger partial charge in [0.15, 0.2) is 5.82 Å². The number of nitrogens with one attached hydrogen (secondary N) is 1. The van der Waals surface area contributed by atoms with Crippen molar-refractivity contribution in [2.24, 2.45) is 0 Å². The lowest BCUT2D eigenvalue weighted by Gasteiger charge is -2.16. The van der Waals surface area contributed by atoms with Crippen molar-refractivity contribution in [1.29, 1.82) is 0 Å². The van der Waals surface area contributed by atoms with Gasteiger partial charge in [0.1, 0.15) is 5.69 Å². The third-order valence-electron chi connectivity index (χ3n) is 3.68. The zero-order valence-corrected chi connectivity index (χ0v) is 14.3. The molecule has 0 atom stereocenters. The van der Waals surface area contributed by atoms with Crippen LogP contribution in [-0.4, -0.2) is 53.8 Å². The van der Waals surface area contributed by atoms with Crippen LogP contribution in [0.3, 0.4) is 0 Å². The summed E-state index contributed by atoms with van der Waals surface area (Å²) in [6.07, 6.45) is 2.48. The highest BCUT2D eigenvalue weighted by Gasteiger charge is 2.27. The molecule has 0 aliphatic carbocycles. The average molecular weight is 351 g/mol. The Morgan fingerprint density at radius 3 is 2.75 bits per heavy atom. The summed E-state index contributed by atoms with van der Waals surface area (Å²) in [5.41, 5.74) is 2.17. The Labute approximate surface area is 139 Å². The first-order valence-corrected chi connectivity index (χ1v) is 9.12. The van der Waals surface area contributed by atoms with Crippen LogP contribution in [0.15, 0.2) is 11.4 Å². The number of amides is 1. The maximum atomic E-state index is 12.0. The minimum Gasteiger partial charge on any atom is -0.378 e. The number of methoxy groups -OCH3 is 1. The predicted octanol–water partition coefficient (Wildman–Crippen LogP) is -0.0582. The zero-order chi connectivity index (χ0) is 17.5. The van der Waals surface area contributed by atoms with E-state index < -0.39 is 9.84 Å². The van der Waals surface area contributed by atoms with Gasteiger partial charge in [0, 0.05) is 32.7 Å². The van der Waals surface area contributed by atoms with Crippen molar-refractivity contribution in [1.82, 2.24) is 24.8 Å². The van der Waals surface area contributed by atoms with Gasteiger partial charge >= 0.3 is 0 Å². The summed E-state index contributed by atoms with van der Waals surface area (Å²) < 4.78 is 30.5. The van der Waals surface area contributed by atoms with Gasteiger partial charge in [-0.05, 0) is 12.5 Å². The molecule has 10 heteroatoms. The summed E-state index contributed by atoms with van der Waals surface area (Å²) >= 11 is 0. The molecule has 2 aromatic heterocycles. The van der Waals surface area contributed by atoms with Gasteiger partial charge in [-0.2, -0.15) is 0 Å². The van der Waals surface area contributed by atoms with E-state index in [-0.39, 0.29) is 23.5 Å². The maximum absolute atomic E-state index is 12.0. The van der Waals surface area contributed by atoms with Gasteiger partial charge < -0.3 is 14.6 Å². The van der Waals surface area contributed by atoms with Gasteiger partial charge in [-0.3, -0.25) is 4.79 Å². The fraction of sp³-hybridized carbons (Fsp3) is 0.429. The van der Waals surface area contributed by atoms with Gasteiger partial charge in [-0.15, -0.1) is 0 Å². The van der Waals surface area contributed by atoms with Crippen molar-refractivity contribution < 1.29 is 17.9 Å². The molecule has 0 saturated heterocycles. The average Bonchev–Trinajstić information content (AvgIpc) is 2.87. The van der Waals surface area contributed by atoms with Crippen LogP contribution in [0.1, 0.15) is 21.9 Å². The molecule has 24 heavy (non-hydrogen) atoms. The standard InChI is InChI=1S/C14H17N5O4S/c1-8-6-16-14(24(3,21)22)18-10(8)11-9(7-23-2)19-5-4-15-13(20)12(19)17-11/h6H,4-5,7H2,1-3H3,(H,15,20). The number of aromatic nitrogens is 4. The molecule has 128 valence electrons. The SMILES string of the molecule is COCc1c(-c2nc(S(C)(=O)=O)ncc2C)nc2n1CCNC2=O. The number of imidazole rings is 1. The topological polar surface area (TPSA) is 116 Å². The van der Waals surface area contributed by atoms with E-state index in [2.05, 4.69) is 20.3 Å². The van der Waals surface area contributed by atoms with Crippen LogP contribution in [0, 0.1) is 6.92 Å².